The number of nitrogens with one attached hydrogen (secondary N) is 1. The monoisotopic (exact) mass is 521 g/mol. The van der Waals surface area contributed by atoms with Crippen molar-refractivity contribution in [2.75, 3.05) is 6.61 Å². The van der Waals surface area contributed by atoms with Crippen molar-refractivity contribution in [1.29, 1.82) is 0 Å². The lowest BCUT2D eigenvalue weighted by Crippen LogP contribution is -2.45. The Morgan fingerprint density at radius 2 is 1.03 bits per heavy atom. The summed E-state index contributed by atoms with van der Waals surface area (Å²) in [6.45, 7) is 4.25. The van der Waals surface area contributed by atoms with Gasteiger partial charge in [0.05, 0.1) is 18.8 Å². The van der Waals surface area contributed by atoms with Crippen molar-refractivity contribution in [1.82, 2.24) is 5.32 Å². The second kappa shape index (κ2) is 29.4. The van der Waals surface area contributed by atoms with Crippen LogP contribution in [-0.4, -0.2) is 34.9 Å². The molecule has 0 aliphatic rings. The van der Waals surface area contributed by atoms with Crippen LogP contribution in [0.4, 0.5) is 0 Å². The molecule has 0 saturated heterocycles. The highest BCUT2D eigenvalue weighted by atomic mass is 16.3. The molecular weight excluding hydrogens is 458 g/mol. The van der Waals surface area contributed by atoms with Gasteiger partial charge in [-0.25, -0.2) is 0 Å². The highest BCUT2D eigenvalue weighted by Gasteiger charge is 2.17. The lowest BCUT2D eigenvalue weighted by atomic mass is 10.0. The zero-order chi connectivity index (χ0) is 27.2. The van der Waals surface area contributed by atoms with Crippen LogP contribution in [-0.2, 0) is 4.79 Å². The molecule has 0 aromatic heterocycles. The number of amides is 1. The molecule has 2 unspecified atom stereocenters. The van der Waals surface area contributed by atoms with E-state index in [1.165, 1.54) is 103 Å². The standard InChI is InChI=1S/C33H63NO3/c1-3-5-7-9-11-13-15-17-18-20-22-24-26-28-32(36)31(30-35)34-33(37)29-27-25-23-21-19-16-14-12-10-8-6-4-2/h12,14,26,28,31-32,35-36H,3-11,13,15-25,27,29-30H2,1-2H3,(H,34,37)/b14-12-,28-26+. The first-order valence-electron chi connectivity index (χ1n) is 16.1. The topological polar surface area (TPSA) is 69.6 Å². The molecule has 0 aliphatic heterocycles. The van der Waals surface area contributed by atoms with Crippen molar-refractivity contribution in [3.63, 3.8) is 0 Å². The van der Waals surface area contributed by atoms with Gasteiger partial charge >= 0.3 is 0 Å². The van der Waals surface area contributed by atoms with Crippen molar-refractivity contribution in [2.24, 2.45) is 0 Å². The molecule has 37 heavy (non-hydrogen) atoms. The molecule has 0 fully saturated rings. The summed E-state index contributed by atoms with van der Waals surface area (Å²) in [5, 5.41) is 22.8. The quantitative estimate of drug-likeness (QED) is 0.0711. The summed E-state index contributed by atoms with van der Waals surface area (Å²) < 4.78 is 0. The maximum Gasteiger partial charge on any atom is 0.220 e. The molecule has 2 atom stereocenters. The van der Waals surface area contributed by atoms with E-state index in [-0.39, 0.29) is 12.5 Å². The second-order valence-electron chi connectivity index (χ2n) is 10.9. The zero-order valence-corrected chi connectivity index (χ0v) is 24.7. The molecular formula is C33H63NO3. The molecule has 1 amide bonds. The summed E-state index contributed by atoms with van der Waals surface area (Å²) in [6.07, 6.45) is 35.3. The normalized spacial score (nSPS) is 13.5. The minimum Gasteiger partial charge on any atom is -0.394 e. The Bertz CT molecular complexity index is 532. The van der Waals surface area contributed by atoms with Crippen LogP contribution >= 0.6 is 0 Å². The van der Waals surface area contributed by atoms with E-state index in [4.69, 9.17) is 0 Å². The Labute approximate surface area is 230 Å². The van der Waals surface area contributed by atoms with E-state index in [1.54, 1.807) is 6.08 Å². The van der Waals surface area contributed by atoms with Gasteiger partial charge in [-0.15, -0.1) is 0 Å². The number of carbonyl (C=O) groups excluding carboxylic acids is 1. The van der Waals surface area contributed by atoms with Crippen molar-refractivity contribution >= 4 is 5.91 Å². The van der Waals surface area contributed by atoms with Crippen LogP contribution in [0.1, 0.15) is 162 Å². The fourth-order valence-electron chi connectivity index (χ4n) is 4.64. The van der Waals surface area contributed by atoms with E-state index in [0.717, 1.165) is 38.5 Å². The Hall–Kier alpha value is -1.13. The summed E-state index contributed by atoms with van der Waals surface area (Å²) in [4.78, 5) is 12.2. The molecule has 0 saturated carbocycles. The van der Waals surface area contributed by atoms with Crippen molar-refractivity contribution in [2.45, 2.75) is 174 Å². The SMILES string of the molecule is CCCCC/C=C\CCCCCCCC(=O)NC(CO)C(O)/C=C/CCCCCCCCCCCCC. The minimum atomic E-state index is -0.836. The van der Waals surface area contributed by atoms with Crippen LogP contribution in [0.25, 0.3) is 0 Å². The number of aliphatic hydroxyl groups excluding tert-OH is 2. The van der Waals surface area contributed by atoms with E-state index in [0.29, 0.717) is 6.42 Å². The molecule has 0 aromatic carbocycles. The lowest BCUT2D eigenvalue weighted by Gasteiger charge is -2.20. The van der Waals surface area contributed by atoms with E-state index < -0.39 is 12.1 Å². The van der Waals surface area contributed by atoms with Gasteiger partial charge in [0, 0.05) is 6.42 Å². The number of unbranched alkanes of at least 4 members (excludes halogenated alkanes) is 19. The van der Waals surface area contributed by atoms with Gasteiger partial charge in [-0.2, -0.15) is 0 Å². The average molecular weight is 522 g/mol. The minimum absolute atomic E-state index is 0.0770. The highest BCUT2D eigenvalue weighted by Crippen LogP contribution is 2.12. The number of hydrogen-bond donors (Lipinski definition) is 3. The molecule has 0 radical (unpaired) electrons. The lowest BCUT2D eigenvalue weighted by molar-refractivity contribution is -0.123. The smallest absolute Gasteiger partial charge is 0.220 e. The van der Waals surface area contributed by atoms with E-state index in [1.807, 2.05) is 6.08 Å². The second-order valence-corrected chi connectivity index (χ2v) is 10.9. The Balaban J connectivity index is 3.69. The summed E-state index contributed by atoms with van der Waals surface area (Å²) in [5.41, 5.74) is 0. The first kappa shape index (κ1) is 35.9. The largest absolute Gasteiger partial charge is 0.394 e. The molecule has 0 aromatic rings. The van der Waals surface area contributed by atoms with Crippen LogP contribution in [0.15, 0.2) is 24.3 Å². The van der Waals surface area contributed by atoms with Gasteiger partial charge in [-0.1, -0.05) is 134 Å². The number of aliphatic hydroxyl groups is 2. The van der Waals surface area contributed by atoms with E-state index in [2.05, 4.69) is 31.3 Å². The highest BCUT2D eigenvalue weighted by molar-refractivity contribution is 5.76. The van der Waals surface area contributed by atoms with Crippen molar-refractivity contribution in [3.8, 4) is 0 Å². The maximum atomic E-state index is 12.2. The van der Waals surface area contributed by atoms with E-state index in [9.17, 15) is 15.0 Å². The summed E-state index contributed by atoms with van der Waals surface area (Å²) in [6, 6.07) is -0.620. The van der Waals surface area contributed by atoms with Crippen LogP contribution in [0.3, 0.4) is 0 Å². The first-order chi connectivity index (χ1) is 18.2. The van der Waals surface area contributed by atoms with Gasteiger partial charge in [-0.3, -0.25) is 4.79 Å². The van der Waals surface area contributed by atoms with Crippen LogP contribution < -0.4 is 5.32 Å². The third kappa shape index (κ3) is 26.3. The van der Waals surface area contributed by atoms with Gasteiger partial charge in [0.15, 0.2) is 0 Å². The third-order valence-electron chi connectivity index (χ3n) is 7.18. The van der Waals surface area contributed by atoms with E-state index >= 15 is 0 Å². The molecule has 0 heterocycles. The summed E-state index contributed by atoms with van der Waals surface area (Å²) >= 11 is 0. The molecule has 3 N–H and O–H groups in total. The van der Waals surface area contributed by atoms with Crippen molar-refractivity contribution < 1.29 is 15.0 Å². The van der Waals surface area contributed by atoms with Gasteiger partial charge in [-0.05, 0) is 44.9 Å². The molecule has 4 nitrogen and oxygen atoms in total. The number of rotatable bonds is 28. The van der Waals surface area contributed by atoms with Crippen LogP contribution in [0, 0.1) is 0 Å². The van der Waals surface area contributed by atoms with Gasteiger partial charge < -0.3 is 15.5 Å². The molecule has 0 rings (SSSR count). The summed E-state index contributed by atoms with van der Waals surface area (Å²) in [7, 11) is 0. The molecule has 218 valence electrons. The molecule has 0 aliphatic carbocycles. The fourth-order valence-corrected chi connectivity index (χ4v) is 4.64. The molecule has 4 heteroatoms. The number of allylic oxidation sites excluding steroid dienone is 3. The zero-order valence-electron chi connectivity index (χ0n) is 24.7. The Morgan fingerprint density at radius 3 is 1.54 bits per heavy atom. The molecule has 0 bridgehead atoms. The fraction of sp³-hybridized carbons (Fsp3) is 0.848. The Morgan fingerprint density at radius 1 is 0.622 bits per heavy atom. The predicted octanol–water partition coefficient (Wildman–Crippen LogP) is 8.95. The number of hydrogen-bond acceptors (Lipinski definition) is 3. The maximum absolute atomic E-state index is 12.2. The van der Waals surface area contributed by atoms with Crippen LogP contribution in [0.2, 0.25) is 0 Å². The average Bonchev–Trinajstić information content (AvgIpc) is 2.90. The Kier molecular flexibility index (Phi) is 28.5. The van der Waals surface area contributed by atoms with Gasteiger partial charge in [0.2, 0.25) is 5.91 Å². The molecule has 0 spiro atoms. The number of carbonyl (C=O) groups is 1. The first-order valence-corrected chi connectivity index (χ1v) is 16.1. The van der Waals surface area contributed by atoms with Gasteiger partial charge in [0.25, 0.3) is 0 Å². The summed E-state index contributed by atoms with van der Waals surface area (Å²) in [5.74, 6) is -0.0770. The van der Waals surface area contributed by atoms with Gasteiger partial charge in [0.1, 0.15) is 0 Å². The van der Waals surface area contributed by atoms with Crippen molar-refractivity contribution in [3.05, 3.63) is 24.3 Å². The third-order valence-corrected chi connectivity index (χ3v) is 7.18. The predicted molar refractivity (Wildman–Crippen MR) is 161 cm³/mol. The van der Waals surface area contributed by atoms with Crippen LogP contribution in [0.5, 0.6) is 0 Å².